The summed E-state index contributed by atoms with van der Waals surface area (Å²) in [5.41, 5.74) is 7.04. The van der Waals surface area contributed by atoms with Gasteiger partial charge in [0.2, 0.25) is 0 Å². The maximum atomic E-state index is 11.8. The highest BCUT2D eigenvalue weighted by Crippen LogP contribution is 2.20. The van der Waals surface area contributed by atoms with Gasteiger partial charge in [-0.1, -0.05) is 13.8 Å². The van der Waals surface area contributed by atoms with Crippen LogP contribution in [0.3, 0.4) is 0 Å². The minimum absolute atomic E-state index is 0.0164. The number of nitrogens with one attached hydrogen (secondary N) is 1. The van der Waals surface area contributed by atoms with Gasteiger partial charge < -0.3 is 11.1 Å². The molecule has 0 radical (unpaired) electrons. The summed E-state index contributed by atoms with van der Waals surface area (Å²) in [6.45, 7) is 8.68. The van der Waals surface area contributed by atoms with Gasteiger partial charge in [0.05, 0.1) is 4.88 Å². The maximum absolute atomic E-state index is 11.8. The van der Waals surface area contributed by atoms with Gasteiger partial charge in [-0.25, -0.2) is 0 Å². The fourth-order valence-electron chi connectivity index (χ4n) is 1.22. The van der Waals surface area contributed by atoms with Crippen molar-refractivity contribution in [1.29, 1.82) is 0 Å². The van der Waals surface area contributed by atoms with Crippen molar-refractivity contribution in [3.8, 4) is 0 Å². The van der Waals surface area contributed by atoms with Crippen LogP contribution < -0.4 is 11.1 Å². The number of hydrogen-bond acceptors (Lipinski definition) is 3. The lowest BCUT2D eigenvalue weighted by atomic mass is 10.1. The van der Waals surface area contributed by atoms with Gasteiger partial charge in [-0.2, -0.15) is 0 Å². The second-order valence-electron chi connectivity index (χ2n) is 4.47. The predicted molar refractivity (Wildman–Crippen MR) is 68.9 cm³/mol. The quantitative estimate of drug-likeness (QED) is 0.846. The van der Waals surface area contributed by atoms with Crippen LogP contribution in [-0.4, -0.2) is 18.5 Å². The Balaban J connectivity index is 2.53. The van der Waals surface area contributed by atoms with E-state index in [1.54, 1.807) is 0 Å². The van der Waals surface area contributed by atoms with Gasteiger partial charge in [-0.3, -0.25) is 4.79 Å². The molecule has 4 heteroatoms. The highest BCUT2D eigenvalue weighted by atomic mass is 32.1. The predicted octanol–water partition coefficient (Wildman–Crippen LogP) is 2.08. The first-order chi connectivity index (χ1) is 7.41. The number of rotatable bonds is 4. The van der Waals surface area contributed by atoms with E-state index in [2.05, 4.69) is 19.2 Å². The van der Waals surface area contributed by atoms with Gasteiger partial charge in [-0.05, 0) is 31.4 Å². The molecule has 0 bridgehead atoms. The maximum Gasteiger partial charge on any atom is 0.261 e. The molecule has 1 rings (SSSR count). The monoisotopic (exact) mass is 240 g/mol. The molecule has 1 unspecified atom stereocenters. The second-order valence-corrected chi connectivity index (χ2v) is 5.72. The number of nitrogens with two attached hydrogens (primary N) is 1. The molecule has 1 amide bonds. The van der Waals surface area contributed by atoms with Crippen LogP contribution in [0.15, 0.2) is 6.07 Å². The molecule has 1 atom stereocenters. The van der Waals surface area contributed by atoms with Gasteiger partial charge >= 0.3 is 0 Å². The molecule has 0 aliphatic carbocycles. The Morgan fingerprint density at radius 1 is 1.50 bits per heavy atom. The zero-order chi connectivity index (χ0) is 12.3. The van der Waals surface area contributed by atoms with Crippen molar-refractivity contribution >= 4 is 17.2 Å². The Hall–Kier alpha value is -0.870. The van der Waals surface area contributed by atoms with E-state index in [0.717, 1.165) is 4.88 Å². The molecule has 0 spiro atoms. The third-order valence-electron chi connectivity index (χ3n) is 2.74. The lowest BCUT2D eigenvalue weighted by Crippen LogP contribution is -2.40. The number of thiophene rings is 1. The molecule has 1 aromatic rings. The van der Waals surface area contributed by atoms with Gasteiger partial charge in [0, 0.05) is 17.5 Å². The van der Waals surface area contributed by atoms with Gasteiger partial charge in [0.25, 0.3) is 5.91 Å². The summed E-state index contributed by atoms with van der Waals surface area (Å²) in [7, 11) is 0. The Kier molecular flexibility index (Phi) is 4.50. The van der Waals surface area contributed by atoms with E-state index in [-0.39, 0.29) is 11.9 Å². The largest absolute Gasteiger partial charge is 0.350 e. The van der Waals surface area contributed by atoms with E-state index in [1.807, 2.05) is 19.9 Å². The Bertz CT molecular complexity index is 352. The third-order valence-corrected chi connectivity index (χ3v) is 3.90. The summed E-state index contributed by atoms with van der Waals surface area (Å²) >= 11 is 1.53. The molecular weight excluding hydrogens is 220 g/mol. The standard InChI is InChI=1S/C12H20N2OS/c1-7(2)10(13)6-14-12(15)11-5-8(3)9(4)16-11/h5,7,10H,6,13H2,1-4H3,(H,14,15). The van der Waals surface area contributed by atoms with Gasteiger partial charge in [0.1, 0.15) is 0 Å². The number of hydrogen-bond donors (Lipinski definition) is 2. The number of carbonyl (C=O) groups is 1. The van der Waals surface area contributed by atoms with Crippen LogP contribution in [-0.2, 0) is 0 Å². The third kappa shape index (κ3) is 3.32. The Labute approximate surface area is 101 Å². The lowest BCUT2D eigenvalue weighted by Gasteiger charge is -2.15. The average Bonchev–Trinajstić information content (AvgIpc) is 2.55. The molecule has 0 aliphatic heterocycles. The van der Waals surface area contributed by atoms with E-state index in [1.165, 1.54) is 21.8 Å². The molecule has 16 heavy (non-hydrogen) atoms. The first-order valence-corrected chi connectivity index (χ1v) is 6.34. The van der Waals surface area contributed by atoms with E-state index in [0.29, 0.717) is 12.5 Å². The van der Waals surface area contributed by atoms with E-state index >= 15 is 0 Å². The van der Waals surface area contributed by atoms with Gasteiger partial charge in [-0.15, -0.1) is 11.3 Å². The molecule has 0 aliphatic rings. The molecule has 0 saturated carbocycles. The molecule has 0 aromatic carbocycles. The van der Waals surface area contributed by atoms with Crippen LogP contribution in [0.5, 0.6) is 0 Å². The summed E-state index contributed by atoms with van der Waals surface area (Å²) in [6.07, 6.45) is 0. The van der Waals surface area contributed by atoms with Crippen molar-refractivity contribution in [3.05, 3.63) is 21.4 Å². The number of aryl methyl sites for hydroxylation is 2. The van der Waals surface area contributed by atoms with Crippen LogP contribution in [0.1, 0.15) is 34.0 Å². The Morgan fingerprint density at radius 3 is 2.56 bits per heavy atom. The van der Waals surface area contributed by atoms with Crippen LogP contribution >= 0.6 is 11.3 Å². The molecule has 0 fully saturated rings. The van der Waals surface area contributed by atoms with Crippen molar-refractivity contribution in [1.82, 2.24) is 5.32 Å². The van der Waals surface area contributed by atoms with E-state index < -0.39 is 0 Å². The lowest BCUT2D eigenvalue weighted by molar-refractivity contribution is 0.0953. The van der Waals surface area contributed by atoms with Crippen molar-refractivity contribution < 1.29 is 4.79 Å². The van der Waals surface area contributed by atoms with Gasteiger partial charge in [0.15, 0.2) is 0 Å². The SMILES string of the molecule is Cc1cc(C(=O)NCC(N)C(C)C)sc1C. The fourth-order valence-corrected chi connectivity index (χ4v) is 2.17. The molecule has 1 aromatic heterocycles. The topological polar surface area (TPSA) is 55.1 Å². The van der Waals surface area contributed by atoms with Crippen molar-refractivity contribution in [2.45, 2.75) is 33.7 Å². The molecule has 3 N–H and O–H groups in total. The summed E-state index contributed by atoms with van der Waals surface area (Å²) in [5, 5.41) is 2.87. The smallest absolute Gasteiger partial charge is 0.261 e. The normalized spacial score (nSPS) is 12.9. The molecule has 1 heterocycles. The average molecular weight is 240 g/mol. The summed E-state index contributed by atoms with van der Waals surface area (Å²) in [5.74, 6) is 0.365. The zero-order valence-corrected chi connectivity index (χ0v) is 11.1. The second kappa shape index (κ2) is 5.46. The van der Waals surface area contributed by atoms with Crippen molar-refractivity contribution in [2.75, 3.05) is 6.54 Å². The molecule has 90 valence electrons. The zero-order valence-electron chi connectivity index (χ0n) is 10.3. The van der Waals surface area contributed by atoms with Crippen LogP contribution in [0, 0.1) is 19.8 Å². The van der Waals surface area contributed by atoms with E-state index in [4.69, 9.17) is 5.73 Å². The van der Waals surface area contributed by atoms with Crippen LogP contribution in [0.2, 0.25) is 0 Å². The van der Waals surface area contributed by atoms with Crippen LogP contribution in [0.25, 0.3) is 0 Å². The summed E-state index contributed by atoms with van der Waals surface area (Å²) in [6, 6.07) is 1.95. The fraction of sp³-hybridized carbons (Fsp3) is 0.583. The number of carbonyl (C=O) groups excluding carboxylic acids is 1. The molecule has 3 nitrogen and oxygen atoms in total. The first-order valence-electron chi connectivity index (χ1n) is 5.52. The van der Waals surface area contributed by atoms with Crippen molar-refractivity contribution in [3.63, 3.8) is 0 Å². The number of amides is 1. The summed E-state index contributed by atoms with van der Waals surface area (Å²) in [4.78, 5) is 13.7. The highest BCUT2D eigenvalue weighted by Gasteiger charge is 2.13. The van der Waals surface area contributed by atoms with Crippen molar-refractivity contribution in [2.24, 2.45) is 11.7 Å². The first kappa shape index (κ1) is 13.2. The minimum atomic E-state index is -0.0164. The minimum Gasteiger partial charge on any atom is -0.350 e. The molecular formula is C12H20N2OS. The van der Waals surface area contributed by atoms with Crippen LogP contribution in [0.4, 0.5) is 0 Å². The highest BCUT2D eigenvalue weighted by molar-refractivity contribution is 7.14. The Morgan fingerprint density at radius 2 is 2.12 bits per heavy atom. The molecule has 0 saturated heterocycles. The van der Waals surface area contributed by atoms with E-state index in [9.17, 15) is 4.79 Å². The summed E-state index contributed by atoms with van der Waals surface area (Å²) < 4.78 is 0.